The minimum Gasteiger partial charge on any atom is -0.326 e. The van der Waals surface area contributed by atoms with Crippen LogP contribution in [0.5, 0.6) is 0 Å². The van der Waals surface area contributed by atoms with Crippen molar-refractivity contribution in [1.82, 2.24) is 0 Å². The van der Waals surface area contributed by atoms with Crippen LogP contribution in [-0.4, -0.2) is 11.8 Å². The third kappa shape index (κ3) is 4.44. The molecule has 1 saturated carbocycles. The second-order valence-electron chi connectivity index (χ2n) is 7.76. The van der Waals surface area contributed by atoms with Gasteiger partial charge in [-0.2, -0.15) is 0 Å². The van der Waals surface area contributed by atoms with E-state index >= 15 is 0 Å². The van der Waals surface area contributed by atoms with Crippen LogP contribution in [0.25, 0.3) is 0 Å². The number of carbonyl (C=O) groups is 2. The summed E-state index contributed by atoms with van der Waals surface area (Å²) in [7, 11) is 0. The maximum absolute atomic E-state index is 12.4. The average Bonchev–Trinajstić information content (AvgIpc) is 3.37. The molecular weight excluding hydrogens is 348 g/mol. The van der Waals surface area contributed by atoms with Crippen molar-refractivity contribution in [3.63, 3.8) is 0 Å². The van der Waals surface area contributed by atoms with E-state index < -0.39 is 0 Å². The van der Waals surface area contributed by atoms with Crippen molar-refractivity contribution in [3.05, 3.63) is 59.1 Å². The van der Waals surface area contributed by atoms with E-state index in [0.717, 1.165) is 5.69 Å². The molecule has 0 saturated heterocycles. The van der Waals surface area contributed by atoms with E-state index in [-0.39, 0.29) is 29.1 Å². The topological polar surface area (TPSA) is 58.2 Å². The molecule has 136 valence electrons. The highest BCUT2D eigenvalue weighted by Crippen LogP contribution is 2.40. The molecule has 2 amide bonds. The first-order valence-electron chi connectivity index (χ1n) is 8.72. The Morgan fingerprint density at radius 1 is 0.846 bits per heavy atom. The molecule has 5 heteroatoms. The zero-order valence-electron chi connectivity index (χ0n) is 15.2. The summed E-state index contributed by atoms with van der Waals surface area (Å²) < 4.78 is 0. The van der Waals surface area contributed by atoms with Gasteiger partial charge in [0.05, 0.1) is 11.8 Å². The fourth-order valence-electron chi connectivity index (χ4n) is 2.83. The second-order valence-corrected chi connectivity index (χ2v) is 8.20. The van der Waals surface area contributed by atoms with Gasteiger partial charge in [-0.25, -0.2) is 0 Å². The summed E-state index contributed by atoms with van der Waals surface area (Å²) in [6.45, 7) is 6.44. The van der Waals surface area contributed by atoms with E-state index in [0.29, 0.717) is 17.1 Å². The number of carbonyl (C=O) groups excluding carboxylic acids is 2. The molecule has 2 aromatic carbocycles. The van der Waals surface area contributed by atoms with Crippen LogP contribution in [0.4, 0.5) is 11.4 Å². The van der Waals surface area contributed by atoms with Gasteiger partial charge in [-0.1, -0.05) is 44.5 Å². The molecule has 0 aromatic heterocycles. The molecule has 0 bridgehead atoms. The molecule has 2 N–H and O–H groups in total. The molecule has 3 rings (SSSR count). The lowest BCUT2D eigenvalue weighted by molar-refractivity contribution is -0.122. The second kappa shape index (κ2) is 7.12. The average molecular weight is 371 g/mol. The minimum atomic E-state index is -0.278. The Hall–Kier alpha value is -2.33. The Bertz CT molecular complexity index is 807. The van der Waals surface area contributed by atoms with Crippen LogP contribution < -0.4 is 10.6 Å². The fraction of sp³-hybridized carbons (Fsp3) is 0.333. The molecule has 2 atom stereocenters. The van der Waals surface area contributed by atoms with Crippen LogP contribution in [0.15, 0.2) is 48.5 Å². The summed E-state index contributed by atoms with van der Waals surface area (Å²) in [6.07, 6.45) is 0.575. The monoisotopic (exact) mass is 370 g/mol. The van der Waals surface area contributed by atoms with Gasteiger partial charge >= 0.3 is 0 Å². The first-order chi connectivity index (χ1) is 12.2. The summed E-state index contributed by atoms with van der Waals surface area (Å²) in [5.74, 6) is -0.788. The number of anilines is 2. The van der Waals surface area contributed by atoms with Crippen molar-refractivity contribution >= 4 is 34.8 Å². The highest BCUT2D eigenvalue weighted by Gasteiger charge is 2.48. The predicted octanol–water partition coefficient (Wildman–Crippen LogP) is 4.85. The maximum atomic E-state index is 12.4. The molecule has 0 radical (unpaired) electrons. The van der Waals surface area contributed by atoms with Gasteiger partial charge in [-0.3, -0.25) is 9.59 Å². The van der Waals surface area contributed by atoms with Crippen LogP contribution in [0, 0.1) is 11.8 Å². The quantitative estimate of drug-likeness (QED) is 0.808. The van der Waals surface area contributed by atoms with Crippen molar-refractivity contribution in [2.75, 3.05) is 10.6 Å². The smallest absolute Gasteiger partial charge is 0.228 e. The van der Waals surface area contributed by atoms with Gasteiger partial charge in [0.15, 0.2) is 0 Å². The van der Waals surface area contributed by atoms with Crippen molar-refractivity contribution in [2.45, 2.75) is 32.6 Å². The van der Waals surface area contributed by atoms with E-state index in [1.165, 1.54) is 5.56 Å². The Morgan fingerprint density at radius 3 is 1.69 bits per heavy atom. The van der Waals surface area contributed by atoms with E-state index in [1.54, 1.807) is 24.3 Å². The van der Waals surface area contributed by atoms with Crippen LogP contribution in [0.3, 0.4) is 0 Å². The summed E-state index contributed by atoms with van der Waals surface area (Å²) >= 11 is 5.83. The number of benzene rings is 2. The van der Waals surface area contributed by atoms with E-state index in [4.69, 9.17) is 11.6 Å². The molecule has 1 aliphatic carbocycles. The molecule has 2 unspecified atom stereocenters. The summed E-state index contributed by atoms with van der Waals surface area (Å²) in [5, 5.41) is 6.34. The highest BCUT2D eigenvalue weighted by atomic mass is 35.5. The SMILES string of the molecule is CC(C)(C)c1ccc(NC(=O)C2CC2C(=O)Nc2ccc(Cl)cc2)cc1. The number of rotatable bonds is 4. The van der Waals surface area contributed by atoms with Crippen molar-refractivity contribution < 1.29 is 9.59 Å². The molecule has 0 spiro atoms. The van der Waals surface area contributed by atoms with Crippen LogP contribution in [0.2, 0.25) is 5.02 Å². The normalized spacial score (nSPS) is 18.9. The Labute approximate surface area is 158 Å². The zero-order valence-corrected chi connectivity index (χ0v) is 15.9. The maximum Gasteiger partial charge on any atom is 0.228 e. The molecule has 26 heavy (non-hydrogen) atoms. The zero-order chi connectivity index (χ0) is 18.9. The molecule has 2 aromatic rings. The van der Waals surface area contributed by atoms with E-state index in [1.807, 2.05) is 24.3 Å². The summed E-state index contributed by atoms with van der Waals surface area (Å²) in [5.41, 5.74) is 2.72. The molecule has 0 aliphatic heterocycles. The lowest BCUT2D eigenvalue weighted by atomic mass is 9.87. The van der Waals surface area contributed by atoms with Crippen LogP contribution in [-0.2, 0) is 15.0 Å². The third-order valence-corrected chi connectivity index (χ3v) is 4.85. The van der Waals surface area contributed by atoms with E-state index in [9.17, 15) is 9.59 Å². The summed E-state index contributed by atoms with van der Waals surface area (Å²) in [6, 6.07) is 14.8. The lowest BCUT2D eigenvalue weighted by Crippen LogP contribution is -2.20. The Morgan fingerprint density at radius 2 is 1.27 bits per heavy atom. The number of hydrogen-bond donors (Lipinski definition) is 2. The van der Waals surface area contributed by atoms with Gasteiger partial charge < -0.3 is 10.6 Å². The highest BCUT2D eigenvalue weighted by molar-refractivity contribution is 6.30. The van der Waals surface area contributed by atoms with Gasteiger partial charge in [-0.05, 0) is 53.8 Å². The van der Waals surface area contributed by atoms with Crippen molar-refractivity contribution in [3.8, 4) is 0 Å². The van der Waals surface area contributed by atoms with Crippen LogP contribution in [0.1, 0.15) is 32.8 Å². The van der Waals surface area contributed by atoms with Crippen molar-refractivity contribution in [1.29, 1.82) is 0 Å². The van der Waals surface area contributed by atoms with Gasteiger partial charge in [0.1, 0.15) is 0 Å². The first kappa shape index (κ1) is 18.5. The van der Waals surface area contributed by atoms with Gasteiger partial charge in [0.25, 0.3) is 0 Å². The Balaban J connectivity index is 1.53. The number of amides is 2. The van der Waals surface area contributed by atoms with Crippen molar-refractivity contribution in [2.24, 2.45) is 11.8 Å². The summed E-state index contributed by atoms with van der Waals surface area (Å²) in [4.78, 5) is 24.6. The van der Waals surface area contributed by atoms with E-state index in [2.05, 4.69) is 31.4 Å². The predicted molar refractivity (Wildman–Crippen MR) is 105 cm³/mol. The standard InChI is InChI=1S/C21H23ClN2O2/c1-21(2,3)13-4-8-15(9-5-13)23-19(25)17-12-18(17)20(26)24-16-10-6-14(22)7-11-16/h4-11,17-18H,12H2,1-3H3,(H,23,25)(H,24,26). The molecule has 4 nitrogen and oxygen atoms in total. The third-order valence-electron chi connectivity index (χ3n) is 4.59. The molecule has 1 aliphatic rings. The van der Waals surface area contributed by atoms with Gasteiger partial charge in [0.2, 0.25) is 11.8 Å². The largest absolute Gasteiger partial charge is 0.326 e. The van der Waals surface area contributed by atoms with Crippen LogP contribution >= 0.6 is 11.6 Å². The molecule has 1 fully saturated rings. The minimum absolute atomic E-state index is 0.0733. The molecular formula is C21H23ClN2O2. The fourth-order valence-corrected chi connectivity index (χ4v) is 2.96. The van der Waals surface area contributed by atoms with Gasteiger partial charge in [-0.15, -0.1) is 0 Å². The molecule has 0 heterocycles. The van der Waals surface area contributed by atoms with Gasteiger partial charge in [0, 0.05) is 16.4 Å². The number of nitrogens with one attached hydrogen (secondary N) is 2. The Kier molecular flexibility index (Phi) is 5.05. The first-order valence-corrected chi connectivity index (χ1v) is 9.10. The number of hydrogen-bond acceptors (Lipinski definition) is 2. The lowest BCUT2D eigenvalue weighted by Gasteiger charge is -2.19. The number of halogens is 1.